The van der Waals surface area contributed by atoms with Gasteiger partial charge >= 0.3 is 0 Å². The van der Waals surface area contributed by atoms with E-state index in [2.05, 4.69) is 36.3 Å². The van der Waals surface area contributed by atoms with E-state index in [-0.39, 0.29) is 6.61 Å². The average molecular weight is 261 g/mol. The van der Waals surface area contributed by atoms with Crippen LogP contribution in [0.1, 0.15) is 23.2 Å². The molecule has 5 nitrogen and oxygen atoms in total. The third-order valence-electron chi connectivity index (χ3n) is 3.03. The molecule has 1 N–H and O–H groups in total. The van der Waals surface area contributed by atoms with Crippen LogP contribution in [0.15, 0.2) is 24.4 Å². The molecule has 0 radical (unpaired) electrons. The molecule has 0 bridgehead atoms. The molecule has 0 amide bonds. The number of aryl methyl sites for hydroxylation is 3. The SMILES string of the molecule is Cc1ccc(OCCCn2cc(CO)nn2)cc1C. The maximum Gasteiger partial charge on any atom is 0.119 e. The zero-order chi connectivity index (χ0) is 13.7. The summed E-state index contributed by atoms with van der Waals surface area (Å²) in [5, 5.41) is 16.6. The Morgan fingerprint density at radius 1 is 1.26 bits per heavy atom. The summed E-state index contributed by atoms with van der Waals surface area (Å²) in [6.45, 7) is 5.46. The van der Waals surface area contributed by atoms with Crippen LogP contribution < -0.4 is 4.74 Å². The molecule has 0 aliphatic carbocycles. The van der Waals surface area contributed by atoms with Gasteiger partial charge in [0.15, 0.2) is 0 Å². The summed E-state index contributed by atoms with van der Waals surface area (Å²) in [5.41, 5.74) is 3.10. The number of ether oxygens (including phenoxy) is 1. The molecule has 0 saturated heterocycles. The van der Waals surface area contributed by atoms with E-state index in [1.165, 1.54) is 11.1 Å². The van der Waals surface area contributed by atoms with Crippen LogP contribution in [-0.4, -0.2) is 26.7 Å². The number of aliphatic hydroxyl groups is 1. The van der Waals surface area contributed by atoms with Crippen molar-refractivity contribution in [2.45, 2.75) is 33.4 Å². The zero-order valence-corrected chi connectivity index (χ0v) is 11.3. The Bertz CT molecular complexity index is 537. The first-order chi connectivity index (χ1) is 9.19. The fourth-order valence-electron chi connectivity index (χ4n) is 1.74. The summed E-state index contributed by atoms with van der Waals surface area (Å²) in [4.78, 5) is 0. The van der Waals surface area contributed by atoms with Crippen LogP contribution in [0.4, 0.5) is 0 Å². The van der Waals surface area contributed by atoms with Crippen LogP contribution in [0, 0.1) is 13.8 Å². The van der Waals surface area contributed by atoms with Gasteiger partial charge in [-0.2, -0.15) is 0 Å². The molecule has 0 spiro atoms. The second-order valence-electron chi connectivity index (χ2n) is 4.58. The number of hydrogen-bond acceptors (Lipinski definition) is 4. The highest BCUT2D eigenvalue weighted by atomic mass is 16.5. The second-order valence-corrected chi connectivity index (χ2v) is 4.58. The van der Waals surface area contributed by atoms with E-state index in [9.17, 15) is 0 Å². The van der Waals surface area contributed by atoms with Gasteiger partial charge in [-0.15, -0.1) is 5.10 Å². The van der Waals surface area contributed by atoms with Crippen LogP contribution in [0.5, 0.6) is 5.75 Å². The summed E-state index contributed by atoms with van der Waals surface area (Å²) >= 11 is 0. The number of hydrogen-bond donors (Lipinski definition) is 1. The van der Waals surface area contributed by atoms with Crippen molar-refractivity contribution in [2.24, 2.45) is 0 Å². The highest BCUT2D eigenvalue weighted by Gasteiger charge is 2.00. The van der Waals surface area contributed by atoms with Crippen molar-refractivity contribution >= 4 is 0 Å². The normalized spacial score (nSPS) is 10.7. The number of rotatable bonds is 6. The Morgan fingerprint density at radius 3 is 2.79 bits per heavy atom. The van der Waals surface area contributed by atoms with E-state index in [0.29, 0.717) is 12.3 Å². The molecule has 2 aromatic rings. The summed E-state index contributed by atoms with van der Waals surface area (Å²) in [6, 6.07) is 6.10. The van der Waals surface area contributed by atoms with Crippen molar-refractivity contribution in [3.63, 3.8) is 0 Å². The molecule has 2 rings (SSSR count). The van der Waals surface area contributed by atoms with Crippen LogP contribution in [0.3, 0.4) is 0 Å². The summed E-state index contributed by atoms with van der Waals surface area (Å²) in [6.07, 6.45) is 2.59. The predicted octanol–water partition coefficient (Wildman–Crippen LogP) is 1.86. The Kier molecular flexibility index (Phi) is 4.52. The lowest BCUT2D eigenvalue weighted by Gasteiger charge is -2.08. The number of nitrogens with zero attached hydrogens (tertiary/aromatic N) is 3. The lowest BCUT2D eigenvalue weighted by atomic mass is 10.1. The Labute approximate surface area is 112 Å². The van der Waals surface area contributed by atoms with Gasteiger partial charge in [-0.1, -0.05) is 11.3 Å². The fraction of sp³-hybridized carbons (Fsp3) is 0.429. The molecule has 1 aromatic heterocycles. The van der Waals surface area contributed by atoms with Gasteiger partial charge in [0.2, 0.25) is 0 Å². The Balaban J connectivity index is 1.75. The summed E-state index contributed by atoms with van der Waals surface area (Å²) in [7, 11) is 0. The highest BCUT2D eigenvalue weighted by Crippen LogP contribution is 2.16. The molecule has 0 fully saturated rings. The molecule has 0 atom stereocenters. The van der Waals surface area contributed by atoms with Gasteiger partial charge in [-0.25, -0.2) is 0 Å². The number of benzene rings is 1. The van der Waals surface area contributed by atoms with Gasteiger partial charge in [0.25, 0.3) is 0 Å². The van der Waals surface area contributed by atoms with Gasteiger partial charge in [0.05, 0.1) is 19.4 Å². The highest BCUT2D eigenvalue weighted by molar-refractivity contribution is 5.33. The quantitative estimate of drug-likeness (QED) is 0.806. The lowest BCUT2D eigenvalue weighted by Crippen LogP contribution is -2.05. The van der Waals surface area contributed by atoms with Crippen LogP contribution in [0.25, 0.3) is 0 Å². The molecule has 5 heteroatoms. The van der Waals surface area contributed by atoms with Gasteiger partial charge in [0.1, 0.15) is 11.4 Å². The molecule has 1 aromatic carbocycles. The van der Waals surface area contributed by atoms with E-state index in [4.69, 9.17) is 9.84 Å². The van der Waals surface area contributed by atoms with E-state index < -0.39 is 0 Å². The van der Waals surface area contributed by atoms with Crippen LogP contribution >= 0.6 is 0 Å². The molecule has 102 valence electrons. The van der Waals surface area contributed by atoms with E-state index in [1.807, 2.05) is 6.07 Å². The topological polar surface area (TPSA) is 60.2 Å². The molecular weight excluding hydrogens is 242 g/mol. The van der Waals surface area contributed by atoms with Gasteiger partial charge in [-0.3, -0.25) is 4.68 Å². The second kappa shape index (κ2) is 6.33. The Hall–Kier alpha value is -1.88. The fourth-order valence-corrected chi connectivity index (χ4v) is 1.74. The van der Waals surface area contributed by atoms with Crippen molar-refractivity contribution in [2.75, 3.05) is 6.61 Å². The van der Waals surface area contributed by atoms with Crippen molar-refractivity contribution < 1.29 is 9.84 Å². The third kappa shape index (κ3) is 3.79. The summed E-state index contributed by atoms with van der Waals surface area (Å²) < 4.78 is 7.40. The maximum absolute atomic E-state index is 8.88. The maximum atomic E-state index is 8.88. The molecule has 1 heterocycles. The smallest absolute Gasteiger partial charge is 0.119 e. The van der Waals surface area contributed by atoms with Crippen molar-refractivity contribution in [1.82, 2.24) is 15.0 Å². The van der Waals surface area contributed by atoms with Crippen molar-refractivity contribution in [3.8, 4) is 5.75 Å². The van der Waals surface area contributed by atoms with E-state index in [1.54, 1.807) is 10.9 Å². The minimum Gasteiger partial charge on any atom is -0.494 e. The van der Waals surface area contributed by atoms with E-state index in [0.717, 1.165) is 18.7 Å². The average Bonchev–Trinajstić information content (AvgIpc) is 2.87. The molecular formula is C14H19N3O2. The van der Waals surface area contributed by atoms with Gasteiger partial charge < -0.3 is 9.84 Å². The minimum absolute atomic E-state index is 0.0703. The Morgan fingerprint density at radius 2 is 2.11 bits per heavy atom. The van der Waals surface area contributed by atoms with Crippen LogP contribution in [0.2, 0.25) is 0 Å². The monoisotopic (exact) mass is 261 g/mol. The van der Waals surface area contributed by atoms with Crippen molar-refractivity contribution in [1.29, 1.82) is 0 Å². The minimum atomic E-state index is -0.0703. The molecule has 19 heavy (non-hydrogen) atoms. The molecule has 0 aliphatic rings. The largest absolute Gasteiger partial charge is 0.494 e. The molecule has 0 saturated carbocycles. The first-order valence-corrected chi connectivity index (χ1v) is 6.39. The summed E-state index contributed by atoms with van der Waals surface area (Å²) in [5.74, 6) is 0.901. The van der Waals surface area contributed by atoms with Gasteiger partial charge in [-0.05, 0) is 37.1 Å². The molecule has 0 unspecified atom stereocenters. The predicted molar refractivity (Wildman–Crippen MR) is 72.0 cm³/mol. The van der Waals surface area contributed by atoms with Gasteiger partial charge in [0, 0.05) is 13.0 Å². The van der Waals surface area contributed by atoms with Crippen LogP contribution in [-0.2, 0) is 13.2 Å². The number of aliphatic hydroxyl groups excluding tert-OH is 1. The van der Waals surface area contributed by atoms with Crippen molar-refractivity contribution in [3.05, 3.63) is 41.2 Å². The van der Waals surface area contributed by atoms with E-state index >= 15 is 0 Å². The third-order valence-corrected chi connectivity index (χ3v) is 3.03. The zero-order valence-electron chi connectivity index (χ0n) is 11.3. The molecule has 0 aliphatic heterocycles. The number of aromatic nitrogens is 3. The first-order valence-electron chi connectivity index (χ1n) is 6.39. The first kappa shape index (κ1) is 13.5. The lowest BCUT2D eigenvalue weighted by molar-refractivity contribution is 0.276. The standard InChI is InChI=1S/C14H19N3O2/c1-11-4-5-14(8-12(11)2)19-7-3-6-17-9-13(10-18)15-16-17/h4-5,8-9,18H,3,6-7,10H2,1-2H3.